The summed E-state index contributed by atoms with van der Waals surface area (Å²) in [4.78, 5) is 18.4. The van der Waals surface area contributed by atoms with Crippen molar-refractivity contribution in [3.8, 4) is 0 Å². The van der Waals surface area contributed by atoms with E-state index in [1.807, 2.05) is 6.92 Å². The predicted octanol–water partition coefficient (Wildman–Crippen LogP) is 1.15. The van der Waals surface area contributed by atoms with Crippen LogP contribution in [0.15, 0.2) is 4.52 Å². The highest BCUT2D eigenvalue weighted by Gasteiger charge is 2.33. The van der Waals surface area contributed by atoms with E-state index in [-0.39, 0.29) is 36.4 Å². The molecule has 8 heteroatoms. The second kappa shape index (κ2) is 8.45. The molecule has 3 atom stereocenters. The highest BCUT2D eigenvalue weighted by atomic mass is 35.5. The minimum atomic E-state index is -0.0442. The Kier molecular flexibility index (Phi) is 7.25. The average molecular weight is 333 g/mol. The van der Waals surface area contributed by atoms with Crippen LogP contribution in [0.25, 0.3) is 0 Å². The average Bonchev–Trinajstić information content (AvgIpc) is 2.94. The summed E-state index contributed by atoms with van der Waals surface area (Å²) >= 11 is 0. The lowest BCUT2D eigenvalue weighted by atomic mass is 9.83. The van der Waals surface area contributed by atoms with E-state index in [0.717, 1.165) is 12.8 Å². The molecule has 1 amide bonds. The molecular weight excluding hydrogens is 308 g/mol. The Hall–Kier alpha value is -1.18. The number of carbonyl (C=O) groups is 1. The Bertz CT molecular complexity index is 482. The predicted molar refractivity (Wildman–Crippen MR) is 83.5 cm³/mol. The van der Waals surface area contributed by atoms with E-state index in [2.05, 4.69) is 10.1 Å². The molecule has 1 saturated carbocycles. The number of ether oxygens (including phenoxy) is 1. The number of carbonyl (C=O) groups excluding carboxylic acids is 1. The SMILES string of the molecule is CCc1nc(CN(C)C(=O)[C@H]2CC[C@H](N)[C@@H](OC)C2)no1.Cl. The van der Waals surface area contributed by atoms with Crippen LogP contribution in [0.2, 0.25) is 0 Å². The summed E-state index contributed by atoms with van der Waals surface area (Å²) in [5.41, 5.74) is 5.99. The van der Waals surface area contributed by atoms with E-state index >= 15 is 0 Å². The van der Waals surface area contributed by atoms with E-state index in [9.17, 15) is 4.79 Å². The third kappa shape index (κ3) is 4.41. The van der Waals surface area contributed by atoms with E-state index in [1.54, 1.807) is 19.1 Å². The second-order valence-corrected chi connectivity index (χ2v) is 5.60. The fourth-order valence-corrected chi connectivity index (χ4v) is 2.75. The van der Waals surface area contributed by atoms with Crippen molar-refractivity contribution in [1.82, 2.24) is 15.0 Å². The first-order chi connectivity index (χ1) is 10.0. The number of hydrogen-bond acceptors (Lipinski definition) is 6. The summed E-state index contributed by atoms with van der Waals surface area (Å²) in [5, 5.41) is 3.87. The number of nitrogens with zero attached hydrogens (tertiary/aromatic N) is 3. The standard InChI is InChI=1S/C14H24N4O3.ClH/c1-4-13-16-12(17-21-13)8-18(2)14(19)9-5-6-10(15)11(7-9)20-3;/h9-11H,4-8,15H2,1-3H3;1H/t9-,10-,11-;/m0./s1. The fourth-order valence-electron chi connectivity index (χ4n) is 2.75. The van der Waals surface area contributed by atoms with Gasteiger partial charge in [-0.15, -0.1) is 12.4 Å². The minimum Gasteiger partial charge on any atom is -0.380 e. The Balaban J connectivity index is 0.00000242. The van der Waals surface area contributed by atoms with Crippen molar-refractivity contribution in [1.29, 1.82) is 0 Å². The van der Waals surface area contributed by atoms with Crippen LogP contribution in [0.5, 0.6) is 0 Å². The second-order valence-electron chi connectivity index (χ2n) is 5.60. The van der Waals surface area contributed by atoms with Crippen LogP contribution >= 0.6 is 12.4 Å². The molecule has 0 spiro atoms. The molecule has 1 fully saturated rings. The first-order valence-corrected chi connectivity index (χ1v) is 7.40. The van der Waals surface area contributed by atoms with Crippen LogP contribution in [0, 0.1) is 5.92 Å². The third-order valence-corrected chi connectivity index (χ3v) is 4.06. The molecule has 0 saturated heterocycles. The van der Waals surface area contributed by atoms with Gasteiger partial charge in [0.2, 0.25) is 11.8 Å². The number of halogens is 1. The van der Waals surface area contributed by atoms with Crippen molar-refractivity contribution in [2.45, 2.75) is 51.3 Å². The van der Waals surface area contributed by atoms with Crippen molar-refractivity contribution < 1.29 is 14.1 Å². The van der Waals surface area contributed by atoms with E-state index in [0.29, 0.717) is 31.1 Å². The highest BCUT2D eigenvalue weighted by molar-refractivity contribution is 5.85. The minimum absolute atomic E-state index is 0. The maximum absolute atomic E-state index is 12.5. The van der Waals surface area contributed by atoms with E-state index in [1.165, 1.54) is 0 Å². The van der Waals surface area contributed by atoms with Crippen LogP contribution in [0.3, 0.4) is 0 Å². The number of methoxy groups -OCH3 is 1. The third-order valence-electron chi connectivity index (χ3n) is 4.06. The van der Waals surface area contributed by atoms with E-state index < -0.39 is 0 Å². The highest BCUT2D eigenvalue weighted by Crippen LogP contribution is 2.27. The van der Waals surface area contributed by atoms with Gasteiger partial charge in [0.15, 0.2) is 5.82 Å². The zero-order valence-corrected chi connectivity index (χ0v) is 14.1. The molecule has 0 aromatic carbocycles. The lowest BCUT2D eigenvalue weighted by Crippen LogP contribution is -2.45. The van der Waals surface area contributed by atoms with E-state index in [4.69, 9.17) is 15.0 Å². The number of aryl methyl sites for hydroxylation is 1. The first-order valence-electron chi connectivity index (χ1n) is 7.40. The summed E-state index contributed by atoms with van der Waals surface area (Å²) in [6.45, 7) is 2.31. The molecule has 2 rings (SSSR count). The Morgan fingerprint density at radius 2 is 2.23 bits per heavy atom. The summed E-state index contributed by atoms with van der Waals surface area (Å²) in [7, 11) is 3.41. The molecular formula is C14H25ClN4O3. The maximum Gasteiger partial charge on any atom is 0.226 e. The lowest BCUT2D eigenvalue weighted by molar-refractivity contribution is -0.137. The number of hydrogen-bond donors (Lipinski definition) is 1. The van der Waals surface area contributed by atoms with Crippen LogP contribution in [0.1, 0.15) is 37.9 Å². The summed E-state index contributed by atoms with van der Waals surface area (Å²) in [5.74, 6) is 1.18. The van der Waals surface area contributed by atoms with Gasteiger partial charge in [0, 0.05) is 32.5 Å². The molecule has 126 valence electrons. The van der Waals surface area contributed by atoms with Gasteiger partial charge >= 0.3 is 0 Å². The van der Waals surface area contributed by atoms with Crippen LogP contribution in [-0.4, -0.2) is 47.3 Å². The monoisotopic (exact) mass is 332 g/mol. The Labute approximate surface area is 137 Å². The van der Waals surface area contributed by atoms with Crippen molar-refractivity contribution >= 4 is 18.3 Å². The number of aromatic nitrogens is 2. The van der Waals surface area contributed by atoms with Crippen molar-refractivity contribution in [2.24, 2.45) is 11.7 Å². The Morgan fingerprint density at radius 1 is 1.50 bits per heavy atom. The van der Waals surface area contributed by atoms with Gasteiger partial charge in [-0.25, -0.2) is 0 Å². The van der Waals surface area contributed by atoms with Gasteiger partial charge < -0.3 is 19.9 Å². The molecule has 0 aliphatic heterocycles. The summed E-state index contributed by atoms with van der Waals surface area (Å²) in [6.07, 6.45) is 2.94. The van der Waals surface area contributed by atoms with Crippen molar-refractivity contribution in [2.75, 3.05) is 14.2 Å². The van der Waals surface area contributed by atoms with Crippen molar-refractivity contribution in [3.05, 3.63) is 11.7 Å². The number of rotatable bonds is 5. The van der Waals surface area contributed by atoms with Gasteiger partial charge in [0.05, 0.1) is 12.6 Å². The van der Waals surface area contributed by atoms with Crippen molar-refractivity contribution in [3.63, 3.8) is 0 Å². The van der Waals surface area contributed by atoms with Gasteiger partial charge in [-0.05, 0) is 19.3 Å². The van der Waals surface area contributed by atoms with Crippen LogP contribution in [-0.2, 0) is 22.5 Å². The molecule has 22 heavy (non-hydrogen) atoms. The lowest BCUT2D eigenvalue weighted by Gasteiger charge is -2.34. The number of amides is 1. The van der Waals surface area contributed by atoms with Gasteiger partial charge in [-0.2, -0.15) is 4.98 Å². The quantitative estimate of drug-likeness (QED) is 0.869. The maximum atomic E-state index is 12.5. The largest absolute Gasteiger partial charge is 0.380 e. The molecule has 1 aromatic heterocycles. The molecule has 2 N–H and O–H groups in total. The molecule has 0 unspecified atom stereocenters. The van der Waals surface area contributed by atoms with Crippen LogP contribution in [0.4, 0.5) is 0 Å². The van der Waals surface area contributed by atoms with Crippen LogP contribution < -0.4 is 5.73 Å². The molecule has 1 aliphatic carbocycles. The molecule has 7 nitrogen and oxygen atoms in total. The summed E-state index contributed by atoms with van der Waals surface area (Å²) < 4.78 is 10.4. The van der Waals surface area contributed by atoms with Gasteiger partial charge in [0.1, 0.15) is 0 Å². The number of nitrogens with two attached hydrogens (primary N) is 1. The zero-order valence-electron chi connectivity index (χ0n) is 13.3. The normalized spacial score (nSPS) is 24.6. The van der Waals surface area contributed by atoms with Gasteiger partial charge in [0.25, 0.3) is 0 Å². The fraction of sp³-hybridized carbons (Fsp3) is 0.786. The Morgan fingerprint density at radius 3 is 2.82 bits per heavy atom. The molecule has 1 aliphatic rings. The molecule has 1 heterocycles. The topological polar surface area (TPSA) is 94.5 Å². The summed E-state index contributed by atoms with van der Waals surface area (Å²) in [6, 6.07) is 0.0219. The molecule has 1 aromatic rings. The molecule has 0 bridgehead atoms. The smallest absolute Gasteiger partial charge is 0.226 e. The zero-order chi connectivity index (χ0) is 15.4. The first kappa shape index (κ1) is 18.9. The van der Waals surface area contributed by atoms with Gasteiger partial charge in [-0.1, -0.05) is 12.1 Å². The molecule has 0 radical (unpaired) electrons. The van der Waals surface area contributed by atoms with Gasteiger partial charge in [-0.3, -0.25) is 4.79 Å².